The Balaban J connectivity index is 1.93. The van der Waals surface area contributed by atoms with E-state index in [4.69, 9.17) is 5.73 Å². The molecule has 4 heteroatoms. The van der Waals surface area contributed by atoms with Crippen molar-refractivity contribution < 1.29 is 0 Å². The number of likely N-dealkylation sites (N-methyl/N-ethyl adjacent to an activating group) is 1. The molecule has 0 spiro atoms. The van der Waals surface area contributed by atoms with Gasteiger partial charge in [0, 0.05) is 32.0 Å². The van der Waals surface area contributed by atoms with E-state index in [1.807, 2.05) is 24.0 Å². The second-order valence-electron chi connectivity index (χ2n) is 5.17. The maximum absolute atomic E-state index is 6.24. The lowest BCUT2D eigenvalue weighted by Crippen LogP contribution is -2.29. The highest BCUT2D eigenvalue weighted by Gasteiger charge is 2.11. The first-order chi connectivity index (χ1) is 9.06. The summed E-state index contributed by atoms with van der Waals surface area (Å²) in [5, 5.41) is 0. The number of aryl methyl sites for hydroxylation is 2. The van der Waals surface area contributed by atoms with Crippen LogP contribution in [0.15, 0.2) is 36.7 Å². The van der Waals surface area contributed by atoms with Crippen molar-refractivity contribution in [2.45, 2.75) is 19.5 Å². The minimum absolute atomic E-state index is 0.0332. The standard InChI is InChI=1S/C15H22N4/c1-12-4-6-13(7-5-12)14(16)10-18(2)11-15-17-8-9-19(15)3/h4-9,14H,10-11,16H2,1-3H3. The van der Waals surface area contributed by atoms with Gasteiger partial charge in [0.15, 0.2) is 0 Å². The lowest BCUT2D eigenvalue weighted by Gasteiger charge is -2.21. The van der Waals surface area contributed by atoms with Crippen LogP contribution in [0.25, 0.3) is 0 Å². The summed E-state index contributed by atoms with van der Waals surface area (Å²) in [4.78, 5) is 6.53. The van der Waals surface area contributed by atoms with Crippen LogP contribution in [0, 0.1) is 6.92 Å². The van der Waals surface area contributed by atoms with Crippen LogP contribution in [-0.4, -0.2) is 28.0 Å². The van der Waals surface area contributed by atoms with E-state index in [2.05, 4.69) is 48.1 Å². The SMILES string of the molecule is Cc1ccc(C(N)CN(C)Cc2nccn2C)cc1. The number of imidazole rings is 1. The molecule has 2 aromatic rings. The van der Waals surface area contributed by atoms with Crippen molar-refractivity contribution in [1.29, 1.82) is 0 Å². The predicted molar refractivity (Wildman–Crippen MR) is 77.6 cm³/mol. The van der Waals surface area contributed by atoms with Crippen LogP contribution in [0.1, 0.15) is 23.0 Å². The molecule has 102 valence electrons. The monoisotopic (exact) mass is 258 g/mol. The number of rotatable bonds is 5. The van der Waals surface area contributed by atoms with E-state index < -0.39 is 0 Å². The molecule has 0 saturated carbocycles. The van der Waals surface area contributed by atoms with Crippen LogP contribution in [0.5, 0.6) is 0 Å². The molecule has 0 bridgehead atoms. The molecule has 1 atom stereocenters. The third-order valence-electron chi connectivity index (χ3n) is 3.35. The summed E-state index contributed by atoms with van der Waals surface area (Å²) in [6.07, 6.45) is 3.78. The normalized spacial score (nSPS) is 12.9. The first kappa shape index (κ1) is 13.8. The van der Waals surface area contributed by atoms with E-state index in [0.717, 1.165) is 18.9 Å². The van der Waals surface area contributed by atoms with Gasteiger partial charge >= 0.3 is 0 Å². The maximum atomic E-state index is 6.24. The summed E-state index contributed by atoms with van der Waals surface area (Å²) in [5.74, 6) is 1.05. The molecule has 1 aromatic heterocycles. The molecule has 0 aliphatic heterocycles. The van der Waals surface area contributed by atoms with E-state index >= 15 is 0 Å². The summed E-state index contributed by atoms with van der Waals surface area (Å²) < 4.78 is 2.04. The molecule has 1 unspecified atom stereocenters. The molecule has 0 amide bonds. The lowest BCUT2D eigenvalue weighted by atomic mass is 10.1. The molecule has 0 aliphatic rings. The Labute approximate surface area is 114 Å². The van der Waals surface area contributed by atoms with Crippen LogP contribution in [0.3, 0.4) is 0 Å². The molecule has 1 heterocycles. The molecule has 0 aliphatic carbocycles. The number of nitrogens with two attached hydrogens (primary N) is 1. The summed E-state index contributed by atoms with van der Waals surface area (Å²) >= 11 is 0. The summed E-state index contributed by atoms with van der Waals surface area (Å²) in [6.45, 7) is 3.71. The minimum atomic E-state index is 0.0332. The zero-order chi connectivity index (χ0) is 13.8. The third-order valence-corrected chi connectivity index (χ3v) is 3.35. The number of aromatic nitrogens is 2. The second kappa shape index (κ2) is 5.99. The number of hydrogen-bond acceptors (Lipinski definition) is 3. The second-order valence-corrected chi connectivity index (χ2v) is 5.17. The molecule has 0 fully saturated rings. The fourth-order valence-corrected chi connectivity index (χ4v) is 2.11. The van der Waals surface area contributed by atoms with Crippen molar-refractivity contribution in [1.82, 2.24) is 14.5 Å². The van der Waals surface area contributed by atoms with Crippen molar-refractivity contribution in [2.24, 2.45) is 12.8 Å². The van der Waals surface area contributed by atoms with Crippen LogP contribution < -0.4 is 5.73 Å². The van der Waals surface area contributed by atoms with E-state index in [1.54, 1.807) is 0 Å². The van der Waals surface area contributed by atoms with Crippen molar-refractivity contribution in [3.63, 3.8) is 0 Å². The van der Waals surface area contributed by atoms with Gasteiger partial charge in [-0.05, 0) is 19.5 Å². The lowest BCUT2D eigenvalue weighted by molar-refractivity contribution is 0.295. The topological polar surface area (TPSA) is 47.1 Å². The van der Waals surface area contributed by atoms with E-state index in [0.29, 0.717) is 0 Å². The van der Waals surface area contributed by atoms with Gasteiger partial charge in [-0.3, -0.25) is 4.90 Å². The highest BCUT2D eigenvalue weighted by atomic mass is 15.2. The van der Waals surface area contributed by atoms with Crippen molar-refractivity contribution in [3.05, 3.63) is 53.6 Å². The quantitative estimate of drug-likeness (QED) is 0.890. The Morgan fingerprint density at radius 1 is 1.32 bits per heavy atom. The van der Waals surface area contributed by atoms with Gasteiger partial charge in [-0.15, -0.1) is 0 Å². The largest absolute Gasteiger partial charge is 0.337 e. The molecule has 2 N–H and O–H groups in total. The molecule has 2 rings (SSSR count). The average Bonchev–Trinajstić information content (AvgIpc) is 2.75. The highest BCUT2D eigenvalue weighted by Crippen LogP contribution is 2.13. The van der Waals surface area contributed by atoms with Crippen LogP contribution in [0.2, 0.25) is 0 Å². The molecule has 4 nitrogen and oxygen atoms in total. The zero-order valence-electron chi connectivity index (χ0n) is 11.9. The van der Waals surface area contributed by atoms with Gasteiger partial charge in [-0.2, -0.15) is 0 Å². The Hall–Kier alpha value is -1.65. The van der Waals surface area contributed by atoms with Gasteiger partial charge in [0.25, 0.3) is 0 Å². The summed E-state index contributed by atoms with van der Waals surface area (Å²) in [5.41, 5.74) is 8.68. The van der Waals surface area contributed by atoms with Gasteiger partial charge in [0.2, 0.25) is 0 Å². The predicted octanol–water partition coefficient (Wildman–Crippen LogP) is 1.86. The van der Waals surface area contributed by atoms with E-state index in [-0.39, 0.29) is 6.04 Å². The van der Waals surface area contributed by atoms with Gasteiger partial charge in [0.05, 0.1) is 6.54 Å². The highest BCUT2D eigenvalue weighted by molar-refractivity contribution is 5.24. The van der Waals surface area contributed by atoms with Crippen LogP contribution in [-0.2, 0) is 13.6 Å². The van der Waals surface area contributed by atoms with Crippen molar-refractivity contribution in [2.75, 3.05) is 13.6 Å². The average molecular weight is 258 g/mol. The molecular formula is C15H22N4. The van der Waals surface area contributed by atoms with Gasteiger partial charge in [-0.25, -0.2) is 4.98 Å². The summed E-state index contributed by atoms with van der Waals surface area (Å²) in [6, 6.07) is 8.45. The van der Waals surface area contributed by atoms with Crippen LogP contribution >= 0.6 is 0 Å². The van der Waals surface area contributed by atoms with Crippen molar-refractivity contribution >= 4 is 0 Å². The minimum Gasteiger partial charge on any atom is -0.337 e. The summed E-state index contributed by atoms with van der Waals surface area (Å²) in [7, 11) is 4.08. The number of hydrogen-bond donors (Lipinski definition) is 1. The molecule has 1 aromatic carbocycles. The first-order valence-electron chi connectivity index (χ1n) is 6.53. The zero-order valence-corrected chi connectivity index (χ0v) is 11.9. The van der Waals surface area contributed by atoms with Crippen LogP contribution in [0.4, 0.5) is 0 Å². The Morgan fingerprint density at radius 2 is 2.00 bits per heavy atom. The van der Waals surface area contributed by atoms with E-state index in [9.17, 15) is 0 Å². The fourth-order valence-electron chi connectivity index (χ4n) is 2.11. The number of nitrogens with zero attached hydrogens (tertiary/aromatic N) is 3. The Kier molecular flexibility index (Phi) is 4.35. The third kappa shape index (κ3) is 3.66. The molecule has 0 radical (unpaired) electrons. The Morgan fingerprint density at radius 3 is 2.58 bits per heavy atom. The molecular weight excluding hydrogens is 236 g/mol. The molecule has 0 saturated heterocycles. The Bertz CT molecular complexity index is 515. The van der Waals surface area contributed by atoms with Crippen molar-refractivity contribution in [3.8, 4) is 0 Å². The fraction of sp³-hybridized carbons (Fsp3) is 0.400. The van der Waals surface area contributed by atoms with Gasteiger partial charge in [0.1, 0.15) is 5.82 Å². The number of benzene rings is 1. The first-order valence-corrected chi connectivity index (χ1v) is 6.53. The van der Waals surface area contributed by atoms with E-state index in [1.165, 1.54) is 11.1 Å². The smallest absolute Gasteiger partial charge is 0.122 e. The van der Waals surface area contributed by atoms with Gasteiger partial charge in [-0.1, -0.05) is 29.8 Å². The van der Waals surface area contributed by atoms with Gasteiger partial charge < -0.3 is 10.3 Å². The maximum Gasteiger partial charge on any atom is 0.122 e. The molecule has 19 heavy (non-hydrogen) atoms.